The van der Waals surface area contributed by atoms with Crippen LogP contribution in [0.1, 0.15) is 6.92 Å². The van der Waals surface area contributed by atoms with Gasteiger partial charge in [-0.2, -0.15) is 4.98 Å². The van der Waals surface area contributed by atoms with Crippen LogP contribution in [0.3, 0.4) is 0 Å². The van der Waals surface area contributed by atoms with E-state index in [0.29, 0.717) is 27.6 Å². The van der Waals surface area contributed by atoms with Crippen LogP contribution < -0.4 is 9.47 Å². The van der Waals surface area contributed by atoms with Crippen molar-refractivity contribution < 1.29 is 23.4 Å². The van der Waals surface area contributed by atoms with Gasteiger partial charge < -0.3 is 18.6 Å². The van der Waals surface area contributed by atoms with Crippen molar-refractivity contribution in [1.82, 2.24) is 4.98 Å². The zero-order valence-electron chi connectivity index (χ0n) is 13.0. The summed E-state index contributed by atoms with van der Waals surface area (Å²) in [6, 6.07) is 11.8. The number of rotatable bonds is 5. The number of fused-ring (bicyclic) bond motifs is 1. The average Bonchev–Trinajstić information content (AvgIpc) is 2.97. The molecule has 124 valence electrons. The van der Waals surface area contributed by atoms with Crippen molar-refractivity contribution in [3.05, 3.63) is 47.5 Å². The first kappa shape index (κ1) is 16.1. The van der Waals surface area contributed by atoms with Crippen LogP contribution in [0.25, 0.3) is 11.1 Å². The standard InChI is InChI=1S/C17H14ClNO5/c1-10(16(20)21-2)22-12-4-6-13(7-5-12)23-17-19-14-9-11(18)3-8-15(14)24-17/h3-10H,1-2H3/t10-/m1/s1. The van der Waals surface area contributed by atoms with Gasteiger partial charge in [0.1, 0.15) is 17.0 Å². The molecule has 0 saturated heterocycles. The van der Waals surface area contributed by atoms with Crippen molar-refractivity contribution in [2.45, 2.75) is 13.0 Å². The van der Waals surface area contributed by atoms with Gasteiger partial charge in [0.15, 0.2) is 11.7 Å². The summed E-state index contributed by atoms with van der Waals surface area (Å²) in [5.41, 5.74) is 1.20. The topological polar surface area (TPSA) is 70.8 Å². The van der Waals surface area contributed by atoms with Crippen LogP contribution in [0.2, 0.25) is 5.02 Å². The second-order valence-electron chi connectivity index (χ2n) is 4.95. The van der Waals surface area contributed by atoms with Crippen molar-refractivity contribution >= 4 is 28.7 Å². The summed E-state index contributed by atoms with van der Waals surface area (Å²) < 4.78 is 21.1. The molecule has 0 N–H and O–H groups in total. The molecule has 0 aliphatic carbocycles. The number of methoxy groups -OCH3 is 1. The molecule has 24 heavy (non-hydrogen) atoms. The Balaban J connectivity index is 1.70. The summed E-state index contributed by atoms with van der Waals surface area (Å²) in [6.45, 7) is 1.61. The van der Waals surface area contributed by atoms with Gasteiger partial charge in [0.2, 0.25) is 0 Å². The summed E-state index contributed by atoms with van der Waals surface area (Å²) in [4.78, 5) is 15.5. The minimum atomic E-state index is -0.691. The van der Waals surface area contributed by atoms with Gasteiger partial charge in [-0.15, -0.1) is 0 Å². The van der Waals surface area contributed by atoms with E-state index in [0.717, 1.165) is 0 Å². The highest BCUT2D eigenvalue weighted by Gasteiger charge is 2.15. The largest absolute Gasteiger partial charge is 0.479 e. The Morgan fingerprint density at radius 2 is 1.88 bits per heavy atom. The van der Waals surface area contributed by atoms with Gasteiger partial charge in [-0.25, -0.2) is 4.79 Å². The van der Waals surface area contributed by atoms with Gasteiger partial charge in [0.25, 0.3) is 0 Å². The molecule has 0 bridgehead atoms. The predicted octanol–water partition coefficient (Wildman–Crippen LogP) is 4.21. The second-order valence-corrected chi connectivity index (χ2v) is 5.38. The third kappa shape index (κ3) is 3.60. The van der Waals surface area contributed by atoms with E-state index in [1.54, 1.807) is 49.4 Å². The first-order chi connectivity index (χ1) is 11.5. The number of oxazole rings is 1. The average molecular weight is 348 g/mol. The molecule has 0 amide bonds. The Labute approximate surface area is 142 Å². The highest BCUT2D eigenvalue weighted by molar-refractivity contribution is 6.31. The highest BCUT2D eigenvalue weighted by atomic mass is 35.5. The Morgan fingerprint density at radius 3 is 2.58 bits per heavy atom. The summed E-state index contributed by atoms with van der Waals surface area (Å²) in [6.07, 6.45) is -0.576. The number of benzene rings is 2. The fourth-order valence-electron chi connectivity index (χ4n) is 2.03. The lowest BCUT2D eigenvalue weighted by Gasteiger charge is -2.12. The summed E-state index contributed by atoms with van der Waals surface area (Å²) in [7, 11) is 1.31. The Morgan fingerprint density at radius 1 is 1.17 bits per heavy atom. The van der Waals surface area contributed by atoms with E-state index in [1.165, 1.54) is 7.11 Å². The maximum absolute atomic E-state index is 11.3. The zero-order chi connectivity index (χ0) is 17.1. The predicted molar refractivity (Wildman–Crippen MR) is 87.6 cm³/mol. The quantitative estimate of drug-likeness (QED) is 0.644. The fraction of sp³-hybridized carbons (Fsp3) is 0.176. The number of carbonyl (C=O) groups excluding carboxylic acids is 1. The second kappa shape index (κ2) is 6.80. The minimum absolute atomic E-state index is 0.115. The maximum Gasteiger partial charge on any atom is 0.400 e. The van der Waals surface area contributed by atoms with Gasteiger partial charge in [-0.05, 0) is 49.4 Å². The molecule has 1 heterocycles. The number of ether oxygens (including phenoxy) is 3. The number of aromatic nitrogens is 1. The monoisotopic (exact) mass is 347 g/mol. The molecule has 0 unspecified atom stereocenters. The lowest BCUT2D eigenvalue weighted by Crippen LogP contribution is -2.24. The number of hydrogen-bond donors (Lipinski definition) is 0. The first-order valence-electron chi connectivity index (χ1n) is 7.13. The molecule has 0 radical (unpaired) electrons. The van der Waals surface area contributed by atoms with Crippen LogP contribution in [0, 0.1) is 0 Å². The molecule has 3 rings (SSSR count). The van der Waals surface area contributed by atoms with Crippen molar-refractivity contribution in [2.75, 3.05) is 7.11 Å². The van der Waals surface area contributed by atoms with Crippen LogP contribution in [-0.4, -0.2) is 24.2 Å². The summed E-state index contributed by atoms with van der Waals surface area (Å²) in [5, 5.41) is 0.573. The molecule has 0 fully saturated rings. The van der Waals surface area contributed by atoms with Crippen LogP contribution in [0.15, 0.2) is 46.9 Å². The van der Waals surface area contributed by atoms with Crippen LogP contribution >= 0.6 is 11.6 Å². The van der Waals surface area contributed by atoms with Crippen molar-refractivity contribution in [3.63, 3.8) is 0 Å². The summed E-state index contributed by atoms with van der Waals surface area (Å²) >= 11 is 5.91. The van der Waals surface area contributed by atoms with E-state index in [1.807, 2.05) is 0 Å². The fourth-order valence-corrected chi connectivity index (χ4v) is 2.19. The molecule has 0 spiro atoms. The maximum atomic E-state index is 11.3. The number of carbonyl (C=O) groups is 1. The van der Waals surface area contributed by atoms with Crippen molar-refractivity contribution in [1.29, 1.82) is 0 Å². The molecular weight excluding hydrogens is 334 g/mol. The lowest BCUT2D eigenvalue weighted by molar-refractivity contribution is -0.147. The molecule has 2 aromatic carbocycles. The van der Waals surface area contributed by atoms with Gasteiger partial charge in [-0.1, -0.05) is 11.6 Å². The first-order valence-corrected chi connectivity index (χ1v) is 7.51. The Hall–Kier alpha value is -2.73. The number of esters is 1. The van der Waals surface area contributed by atoms with Gasteiger partial charge in [0, 0.05) is 5.02 Å². The van der Waals surface area contributed by atoms with E-state index in [9.17, 15) is 4.79 Å². The number of hydrogen-bond acceptors (Lipinski definition) is 6. The summed E-state index contributed by atoms with van der Waals surface area (Å²) in [5.74, 6) is 0.593. The molecule has 6 nitrogen and oxygen atoms in total. The minimum Gasteiger partial charge on any atom is -0.479 e. The van der Waals surface area contributed by atoms with E-state index in [-0.39, 0.29) is 6.08 Å². The van der Waals surface area contributed by atoms with Crippen LogP contribution in [0.5, 0.6) is 17.6 Å². The zero-order valence-corrected chi connectivity index (χ0v) is 13.7. The molecule has 0 saturated carbocycles. The van der Waals surface area contributed by atoms with Gasteiger partial charge >= 0.3 is 12.0 Å². The highest BCUT2D eigenvalue weighted by Crippen LogP contribution is 2.28. The van der Waals surface area contributed by atoms with E-state index < -0.39 is 12.1 Å². The third-order valence-corrected chi connectivity index (χ3v) is 3.44. The normalized spacial score (nSPS) is 12.0. The number of halogens is 1. The van der Waals surface area contributed by atoms with E-state index >= 15 is 0 Å². The SMILES string of the molecule is COC(=O)[C@@H](C)Oc1ccc(Oc2nc3cc(Cl)ccc3o2)cc1. The smallest absolute Gasteiger partial charge is 0.400 e. The lowest BCUT2D eigenvalue weighted by atomic mass is 10.3. The third-order valence-electron chi connectivity index (χ3n) is 3.20. The molecule has 0 aliphatic rings. The van der Waals surface area contributed by atoms with Crippen LogP contribution in [0.4, 0.5) is 0 Å². The molecule has 1 aromatic heterocycles. The Bertz CT molecular complexity index is 859. The molecule has 1 atom stereocenters. The van der Waals surface area contributed by atoms with Crippen molar-refractivity contribution in [3.8, 4) is 17.6 Å². The Kier molecular flexibility index (Phi) is 4.57. The van der Waals surface area contributed by atoms with Crippen LogP contribution in [-0.2, 0) is 9.53 Å². The molecule has 0 aliphatic heterocycles. The van der Waals surface area contributed by atoms with E-state index in [2.05, 4.69) is 9.72 Å². The van der Waals surface area contributed by atoms with Crippen molar-refractivity contribution in [2.24, 2.45) is 0 Å². The molecule has 7 heteroatoms. The van der Waals surface area contributed by atoms with E-state index in [4.69, 9.17) is 25.5 Å². The van der Waals surface area contributed by atoms with Gasteiger partial charge in [0.05, 0.1) is 7.11 Å². The molecule has 3 aromatic rings. The molecular formula is C17H14ClNO5. The van der Waals surface area contributed by atoms with Gasteiger partial charge in [-0.3, -0.25) is 0 Å². The number of nitrogens with zero attached hydrogens (tertiary/aromatic N) is 1.